The first-order chi connectivity index (χ1) is 17.7. The first-order valence-corrected chi connectivity index (χ1v) is 12.6. The van der Waals surface area contributed by atoms with Crippen molar-refractivity contribution in [3.05, 3.63) is 88.7 Å². The van der Waals surface area contributed by atoms with Crippen LogP contribution in [0.1, 0.15) is 18.4 Å². The topological polar surface area (TPSA) is 70.7 Å². The van der Waals surface area contributed by atoms with E-state index in [4.69, 9.17) is 9.47 Å². The number of ether oxygens (including phenoxy) is 2. The number of pyridine rings is 2. The quantitative estimate of drug-likeness (QED) is 0.337. The number of aromatic nitrogens is 2. The Morgan fingerprint density at radius 1 is 0.889 bits per heavy atom. The van der Waals surface area contributed by atoms with Crippen LogP contribution >= 0.6 is 0 Å². The molecule has 0 aliphatic carbocycles. The van der Waals surface area contributed by atoms with Crippen LogP contribution in [-0.2, 0) is 0 Å². The molecule has 2 aromatic carbocycles. The molecule has 0 unspecified atom stereocenters. The normalized spacial score (nSPS) is 14.2. The van der Waals surface area contributed by atoms with E-state index in [9.17, 15) is 4.79 Å². The summed E-state index contributed by atoms with van der Waals surface area (Å²) in [7, 11) is 0. The van der Waals surface area contributed by atoms with Crippen LogP contribution in [0.3, 0.4) is 0 Å². The van der Waals surface area contributed by atoms with Crippen molar-refractivity contribution in [2.24, 2.45) is 0 Å². The molecule has 0 radical (unpaired) electrons. The van der Waals surface area contributed by atoms with Crippen LogP contribution in [0, 0.1) is 6.92 Å². The summed E-state index contributed by atoms with van der Waals surface area (Å²) in [5.41, 5.74) is 2.71. The fraction of sp³-hybridized carbons (Fsp3) is 0.310. The number of rotatable bonds is 9. The molecule has 1 N–H and O–H groups in total. The molecule has 36 heavy (non-hydrogen) atoms. The number of fused-ring (bicyclic) bond motifs is 1. The van der Waals surface area contributed by atoms with E-state index >= 15 is 0 Å². The zero-order valence-electron chi connectivity index (χ0n) is 20.7. The molecular weight excluding hydrogens is 452 g/mol. The predicted molar refractivity (Wildman–Crippen MR) is 143 cm³/mol. The highest BCUT2D eigenvalue weighted by atomic mass is 16.5. The summed E-state index contributed by atoms with van der Waals surface area (Å²) in [5, 5.41) is 0.894. The molecule has 1 aliphatic rings. The van der Waals surface area contributed by atoms with Crippen LogP contribution in [0.2, 0.25) is 0 Å². The Morgan fingerprint density at radius 3 is 2.53 bits per heavy atom. The first-order valence-electron chi connectivity index (χ1n) is 12.6. The molecule has 3 heterocycles. The average Bonchev–Trinajstić information content (AvgIpc) is 2.90. The molecule has 186 valence electrons. The number of anilines is 1. The summed E-state index contributed by atoms with van der Waals surface area (Å²) < 4.78 is 12.1. The molecule has 1 saturated heterocycles. The SMILES string of the molecule is Cc1cccc(N2CCN(CCCCOc3ccc4ccc(=O)[nH]c4n3)CC2)c1Oc1ccccc1. The Morgan fingerprint density at radius 2 is 1.69 bits per heavy atom. The number of piperazine rings is 1. The lowest BCUT2D eigenvalue weighted by Crippen LogP contribution is -2.46. The third kappa shape index (κ3) is 5.86. The van der Waals surface area contributed by atoms with Crippen LogP contribution in [0.4, 0.5) is 5.69 Å². The van der Waals surface area contributed by atoms with E-state index in [1.807, 2.05) is 42.5 Å². The van der Waals surface area contributed by atoms with Gasteiger partial charge in [0, 0.05) is 43.7 Å². The Hall–Kier alpha value is -3.84. The Bertz CT molecular complexity index is 1350. The van der Waals surface area contributed by atoms with E-state index in [0.29, 0.717) is 18.1 Å². The van der Waals surface area contributed by atoms with E-state index in [2.05, 4.69) is 44.9 Å². The lowest BCUT2D eigenvalue weighted by atomic mass is 10.1. The van der Waals surface area contributed by atoms with Gasteiger partial charge in [-0.25, -0.2) is 0 Å². The third-order valence-electron chi connectivity index (χ3n) is 6.54. The number of aryl methyl sites for hydroxylation is 1. The molecule has 7 heteroatoms. The highest BCUT2D eigenvalue weighted by Crippen LogP contribution is 2.35. The number of aromatic amines is 1. The van der Waals surface area contributed by atoms with Gasteiger partial charge in [0.25, 0.3) is 0 Å². The van der Waals surface area contributed by atoms with Crippen LogP contribution in [0.25, 0.3) is 11.0 Å². The van der Waals surface area contributed by atoms with E-state index in [-0.39, 0.29) is 5.56 Å². The van der Waals surface area contributed by atoms with Crippen LogP contribution in [0.15, 0.2) is 77.6 Å². The number of para-hydroxylation sites is 2. The molecule has 1 fully saturated rings. The zero-order chi connectivity index (χ0) is 24.7. The molecule has 0 amide bonds. The first kappa shape index (κ1) is 23.9. The van der Waals surface area contributed by atoms with Crippen molar-refractivity contribution >= 4 is 16.7 Å². The number of H-pyrrole nitrogens is 1. The molecule has 1 aliphatic heterocycles. The number of nitrogens with one attached hydrogen (secondary N) is 1. The van der Waals surface area contributed by atoms with Crippen LogP contribution in [-0.4, -0.2) is 54.2 Å². The number of nitrogens with zero attached hydrogens (tertiary/aromatic N) is 3. The number of hydrogen-bond donors (Lipinski definition) is 1. The summed E-state index contributed by atoms with van der Waals surface area (Å²) in [6.07, 6.45) is 2.02. The van der Waals surface area contributed by atoms with E-state index in [0.717, 1.165) is 73.7 Å². The molecule has 2 aromatic heterocycles. The zero-order valence-corrected chi connectivity index (χ0v) is 20.7. The van der Waals surface area contributed by atoms with Gasteiger partial charge in [0.1, 0.15) is 11.4 Å². The minimum Gasteiger partial charge on any atom is -0.478 e. The molecule has 7 nitrogen and oxygen atoms in total. The monoisotopic (exact) mass is 484 g/mol. The van der Waals surface area contributed by atoms with Gasteiger partial charge in [0.05, 0.1) is 12.3 Å². The van der Waals surface area contributed by atoms with Gasteiger partial charge < -0.3 is 19.4 Å². The molecule has 4 aromatic rings. The molecule has 0 saturated carbocycles. The van der Waals surface area contributed by atoms with Crippen molar-refractivity contribution < 1.29 is 9.47 Å². The maximum atomic E-state index is 11.5. The second kappa shape index (κ2) is 11.3. The summed E-state index contributed by atoms with van der Waals surface area (Å²) in [4.78, 5) is 23.6. The van der Waals surface area contributed by atoms with Gasteiger partial charge in [-0.1, -0.05) is 30.3 Å². The van der Waals surface area contributed by atoms with E-state index in [1.165, 1.54) is 6.07 Å². The van der Waals surface area contributed by atoms with Gasteiger partial charge in [0.2, 0.25) is 11.4 Å². The van der Waals surface area contributed by atoms with Gasteiger partial charge in [-0.05, 0) is 62.2 Å². The molecule has 0 atom stereocenters. The second-order valence-electron chi connectivity index (χ2n) is 9.13. The summed E-state index contributed by atoms with van der Waals surface area (Å²) >= 11 is 0. The van der Waals surface area contributed by atoms with Gasteiger partial charge >= 0.3 is 0 Å². The standard InChI is InChI=1S/C29H32N4O3/c1-22-8-7-11-25(28(22)36-24-9-3-2-4-10-24)33-19-17-32(18-20-33)16-5-6-21-35-27-15-13-23-12-14-26(34)30-29(23)31-27/h2-4,7-15H,5-6,16-21H2,1H3,(H,30,31,34). The van der Waals surface area contributed by atoms with Crippen LogP contribution < -0.4 is 19.9 Å². The fourth-order valence-corrected chi connectivity index (χ4v) is 4.54. The number of benzene rings is 2. The highest BCUT2D eigenvalue weighted by molar-refractivity contribution is 5.74. The molecule has 5 rings (SSSR count). The highest BCUT2D eigenvalue weighted by Gasteiger charge is 2.20. The van der Waals surface area contributed by atoms with Crippen molar-refractivity contribution in [2.45, 2.75) is 19.8 Å². The smallest absolute Gasteiger partial charge is 0.249 e. The van der Waals surface area contributed by atoms with Crippen molar-refractivity contribution in [3.8, 4) is 17.4 Å². The molecular formula is C29H32N4O3. The van der Waals surface area contributed by atoms with Crippen molar-refractivity contribution in [1.82, 2.24) is 14.9 Å². The third-order valence-corrected chi connectivity index (χ3v) is 6.54. The van der Waals surface area contributed by atoms with Gasteiger partial charge in [0.15, 0.2) is 5.75 Å². The molecule has 0 spiro atoms. The van der Waals surface area contributed by atoms with Crippen LogP contribution in [0.5, 0.6) is 17.4 Å². The molecule has 0 bridgehead atoms. The minimum atomic E-state index is -0.158. The maximum Gasteiger partial charge on any atom is 0.249 e. The summed E-state index contributed by atoms with van der Waals surface area (Å²) in [5.74, 6) is 2.35. The number of unbranched alkanes of at least 4 members (excludes halogenated alkanes) is 1. The van der Waals surface area contributed by atoms with Gasteiger partial charge in [-0.3, -0.25) is 9.69 Å². The summed E-state index contributed by atoms with van der Waals surface area (Å²) in [6, 6.07) is 23.4. The fourth-order valence-electron chi connectivity index (χ4n) is 4.54. The van der Waals surface area contributed by atoms with Crippen molar-refractivity contribution in [2.75, 3.05) is 44.2 Å². The second-order valence-corrected chi connectivity index (χ2v) is 9.13. The maximum absolute atomic E-state index is 11.5. The Balaban J connectivity index is 1.08. The van der Waals surface area contributed by atoms with E-state index in [1.54, 1.807) is 6.07 Å². The average molecular weight is 485 g/mol. The van der Waals surface area contributed by atoms with E-state index < -0.39 is 0 Å². The summed E-state index contributed by atoms with van der Waals surface area (Å²) in [6.45, 7) is 7.77. The minimum absolute atomic E-state index is 0.158. The lowest BCUT2D eigenvalue weighted by Gasteiger charge is -2.37. The largest absolute Gasteiger partial charge is 0.478 e. The predicted octanol–water partition coefficient (Wildman–Crippen LogP) is 5.01. The Kier molecular flexibility index (Phi) is 7.47. The van der Waals surface area contributed by atoms with Gasteiger partial charge in [-0.2, -0.15) is 4.98 Å². The lowest BCUT2D eigenvalue weighted by molar-refractivity contribution is 0.236. The van der Waals surface area contributed by atoms with Crippen molar-refractivity contribution in [1.29, 1.82) is 0 Å². The van der Waals surface area contributed by atoms with Crippen molar-refractivity contribution in [3.63, 3.8) is 0 Å². The Labute approximate surface area is 211 Å². The van der Waals surface area contributed by atoms with Gasteiger partial charge in [-0.15, -0.1) is 0 Å². The number of hydrogen-bond acceptors (Lipinski definition) is 6.